The molecule has 0 saturated carbocycles. The van der Waals surface area contributed by atoms with Crippen LogP contribution in [-0.2, 0) is 23.9 Å². The van der Waals surface area contributed by atoms with Crippen molar-refractivity contribution < 1.29 is 23.9 Å². The van der Waals surface area contributed by atoms with Gasteiger partial charge >= 0.3 is 11.9 Å². The summed E-state index contributed by atoms with van der Waals surface area (Å²) in [4.78, 5) is 37.9. The number of nitrogens with one attached hydrogen (secondary N) is 2. The van der Waals surface area contributed by atoms with Crippen LogP contribution in [0, 0.1) is 11.8 Å². The van der Waals surface area contributed by atoms with Crippen molar-refractivity contribution in [2.75, 3.05) is 26.3 Å². The number of carbonyl (C=O) groups is 3. The molecule has 45 heavy (non-hydrogen) atoms. The second-order valence-electron chi connectivity index (χ2n) is 12.7. The average molecular weight is 638 g/mol. The van der Waals surface area contributed by atoms with Crippen LogP contribution in [0.5, 0.6) is 0 Å². The van der Waals surface area contributed by atoms with Crippen LogP contribution < -0.4 is 16.4 Å². The van der Waals surface area contributed by atoms with Gasteiger partial charge in [-0.05, 0) is 57.9 Å². The van der Waals surface area contributed by atoms with Crippen LogP contribution in [0.25, 0.3) is 0 Å². The molecule has 0 radical (unpaired) electrons. The quantitative estimate of drug-likeness (QED) is 0.0503. The Morgan fingerprint density at radius 3 is 1.60 bits per heavy atom. The third-order valence-corrected chi connectivity index (χ3v) is 8.46. The van der Waals surface area contributed by atoms with Crippen LogP contribution in [-0.4, -0.2) is 50.2 Å². The monoisotopic (exact) mass is 638 g/mol. The number of esters is 2. The maximum absolute atomic E-state index is 12.7. The molecule has 4 N–H and O–H groups in total. The minimum atomic E-state index is -0.267. The van der Waals surface area contributed by atoms with Gasteiger partial charge in [0.05, 0.1) is 31.1 Å². The van der Waals surface area contributed by atoms with E-state index in [0.29, 0.717) is 32.5 Å². The summed E-state index contributed by atoms with van der Waals surface area (Å²) in [7, 11) is 0. The molecule has 0 aliphatic carbocycles. The van der Waals surface area contributed by atoms with E-state index in [1.807, 2.05) is 0 Å². The summed E-state index contributed by atoms with van der Waals surface area (Å²) < 4.78 is 11.2. The van der Waals surface area contributed by atoms with E-state index >= 15 is 0 Å². The molecule has 264 valence electrons. The fraction of sp³-hybridized carbons (Fsp3) is 0.865. The molecule has 8 nitrogen and oxygen atoms in total. The molecule has 0 aromatic heterocycles. The molecule has 0 fully saturated rings. The molecular formula is C37H71N3O5. The molecule has 0 rings (SSSR count). The fourth-order valence-electron chi connectivity index (χ4n) is 5.48. The second-order valence-corrected chi connectivity index (χ2v) is 12.7. The lowest BCUT2D eigenvalue weighted by Gasteiger charge is -2.22. The summed E-state index contributed by atoms with van der Waals surface area (Å²) in [6, 6.07) is -0.267. The first-order chi connectivity index (χ1) is 21.8. The van der Waals surface area contributed by atoms with Gasteiger partial charge in [0.1, 0.15) is 0 Å². The van der Waals surface area contributed by atoms with Crippen LogP contribution in [0.1, 0.15) is 163 Å². The first-order valence-electron chi connectivity index (χ1n) is 18.6. The summed E-state index contributed by atoms with van der Waals surface area (Å²) in [6.07, 6.45) is 20.1. The van der Waals surface area contributed by atoms with E-state index in [2.05, 4.69) is 44.9 Å². The van der Waals surface area contributed by atoms with Crippen LogP contribution in [0.4, 0.5) is 0 Å². The summed E-state index contributed by atoms with van der Waals surface area (Å²) in [6.45, 7) is 14.6. The lowest BCUT2D eigenvalue weighted by molar-refractivity contribution is -0.150. The standard InChI is InChI=1S/C37H71N3O5/c1-6-10-14-16-23-32(21-12-8-3)36(42)44-29-19-18-28-39-31(5)34(26-27-38)40-35(41)25-20-30-45-37(43)33(22-13-9-4)24-17-15-11-7-2/h32-34,39H,5-30,38H2,1-4H3,(H,40,41). The van der Waals surface area contributed by atoms with Crippen molar-refractivity contribution in [3.05, 3.63) is 12.3 Å². The molecule has 0 aliphatic heterocycles. The summed E-state index contributed by atoms with van der Waals surface area (Å²) in [5, 5.41) is 6.34. The van der Waals surface area contributed by atoms with Gasteiger partial charge in [-0.2, -0.15) is 0 Å². The molecule has 0 saturated heterocycles. The van der Waals surface area contributed by atoms with Gasteiger partial charge in [-0.3, -0.25) is 14.4 Å². The molecule has 8 heteroatoms. The second kappa shape index (κ2) is 30.6. The molecule has 1 amide bonds. The van der Waals surface area contributed by atoms with Gasteiger partial charge in [0.2, 0.25) is 5.91 Å². The molecule has 0 spiro atoms. The van der Waals surface area contributed by atoms with E-state index in [-0.39, 0.29) is 48.8 Å². The Labute approximate surface area is 276 Å². The number of nitrogens with two attached hydrogens (primary N) is 1. The van der Waals surface area contributed by atoms with Gasteiger partial charge < -0.3 is 25.8 Å². The highest BCUT2D eigenvalue weighted by Crippen LogP contribution is 2.20. The predicted molar refractivity (Wildman–Crippen MR) is 187 cm³/mol. The van der Waals surface area contributed by atoms with Gasteiger partial charge in [-0.25, -0.2) is 0 Å². The largest absolute Gasteiger partial charge is 0.465 e. The smallest absolute Gasteiger partial charge is 0.308 e. The number of ether oxygens (including phenoxy) is 2. The summed E-state index contributed by atoms with van der Waals surface area (Å²) in [5.74, 6) is -0.276. The third-order valence-electron chi connectivity index (χ3n) is 8.46. The molecule has 0 aromatic rings. The molecule has 0 aliphatic rings. The SMILES string of the molecule is C=C(NCCCCOC(=O)C(CCCC)CCCCCC)C(CCN)NC(=O)CCCOC(=O)C(CCCC)CCCCCC. The van der Waals surface area contributed by atoms with Gasteiger partial charge in [-0.15, -0.1) is 0 Å². The van der Waals surface area contributed by atoms with Crippen molar-refractivity contribution >= 4 is 17.8 Å². The summed E-state index contributed by atoms with van der Waals surface area (Å²) >= 11 is 0. The Balaban J connectivity index is 4.38. The van der Waals surface area contributed by atoms with E-state index in [1.54, 1.807) is 0 Å². The predicted octanol–water partition coefficient (Wildman–Crippen LogP) is 8.12. The molecule has 3 atom stereocenters. The Morgan fingerprint density at radius 1 is 0.622 bits per heavy atom. The molecule has 0 aromatic carbocycles. The minimum Gasteiger partial charge on any atom is -0.465 e. The highest BCUT2D eigenvalue weighted by atomic mass is 16.5. The zero-order valence-corrected chi connectivity index (χ0v) is 29.7. The Hall–Kier alpha value is -2.09. The first kappa shape index (κ1) is 42.9. The topological polar surface area (TPSA) is 120 Å². The lowest BCUT2D eigenvalue weighted by Crippen LogP contribution is -2.41. The van der Waals surface area contributed by atoms with Crippen molar-refractivity contribution in [3.63, 3.8) is 0 Å². The van der Waals surface area contributed by atoms with Crippen LogP contribution in [0.2, 0.25) is 0 Å². The number of hydrogen-bond acceptors (Lipinski definition) is 7. The van der Waals surface area contributed by atoms with E-state index in [0.717, 1.165) is 89.2 Å². The molecule has 3 unspecified atom stereocenters. The number of carbonyl (C=O) groups excluding carboxylic acids is 3. The lowest BCUT2D eigenvalue weighted by atomic mass is 9.95. The highest BCUT2D eigenvalue weighted by molar-refractivity contribution is 5.76. The van der Waals surface area contributed by atoms with Crippen LogP contribution in [0.3, 0.4) is 0 Å². The Morgan fingerprint density at radius 2 is 1.11 bits per heavy atom. The number of rotatable bonds is 32. The van der Waals surface area contributed by atoms with Gasteiger partial charge in [0, 0.05) is 18.7 Å². The Kier molecular flexibility index (Phi) is 29.1. The molecule has 0 bridgehead atoms. The van der Waals surface area contributed by atoms with E-state index in [9.17, 15) is 14.4 Å². The summed E-state index contributed by atoms with van der Waals surface area (Å²) in [5.41, 5.74) is 6.54. The zero-order valence-electron chi connectivity index (χ0n) is 29.7. The number of hydrogen-bond donors (Lipinski definition) is 3. The fourth-order valence-corrected chi connectivity index (χ4v) is 5.48. The van der Waals surface area contributed by atoms with E-state index in [1.165, 1.54) is 32.1 Å². The highest BCUT2D eigenvalue weighted by Gasteiger charge is 2.21. The van der Waals surface area contributed by atoms with E-state index < -0.39 is 0 Å². The van der Waals surface area contributed by atoms with Gasteiger partial charge in [0.15, 0.2) is 0 Å². The van der Waals surface area contributed by atoms with Crippen molar-refractivity contribution in [1.29, 1.82) is 0 Å². The van der Waals surface area contributed by atoms with Crippen molar-refractivity contribution in [2.45, 2.75) is 169 Å². The van der Waals surface area contributed by atoms with Gasteiger partial charge in [-0.1, -0.05) is 111 Å². The zero-order chi connectivity index (χ0) is 33.5. The van der Waals surface area contributed by atoms with Crippen LogP contribution >= 0.6 is 0 Å². The molecular weight excluding hydrogens is 566 g/mol. The molecule has 0 heterocycles. The minimum absolute atomic E-state index is 0.0235. The normalized spacial score (nSPS) is 13.1. The van der Waals surface area contributed by atoms with Crippen molar-refractivity contribution in [1.82, 2.24) is 10.6 Å². The number of amides is 1. The van der Waals surface area contributed by atoms with Gasteiger partial charge in [0.25, 0.3) is 0 Å². The van der Waals surface area contributed by atoms with Crippen molar-refractivity contribution in [2.24, 2.45) is 17.6 Å². The average Bonchev–Trinajstić information content (AvgIpc) is 3.03. The maximum atomic E-state index is 12.7. The van der Waals surface area contributed by atoms with Crippen LogP contribution in [0.15, 0.2) is 12.3 Å². The Bertz CT molecular complexity index is 760. The maximum Gasteiger partial charge on any atom is 0.308 e. The number of unbranched alkanes of at least 4 members (excludes halogenated alkanes) is 9. The van der Waals surface area contributed by atoms with E-state index in [4.69, 9.17) is 15.2 Å². The first-order valence-corrected chi connectivity index (χ1v) is 18.6. The third kappa shape index (κ3) is 23.8. The van der Waals surface area contributed by atoms with Crippen molar-refractivity contribution in [3.8, 4) is 0 Å².